The lowest BCUT2D eigenvalue weighted by molar-refractivity contribution is 0.0763. The van der Waals surface area contributed by atoms with E-state index in [9.17, 15) is 4.79 Å². The summed E-state index contributed by atoms with van der Waals surface area (Å²) in [7, 11) is 0. The van der Waals surface area contributed by atoms with Crippen molar-refractivity contribution in [2.75, 3.05) is 39.3 Å². The van der Waals surface area contributed by atoms with Gasteiger partial charge in [0, 0.05) is 45.1 Å². The van der Waals surface area contributed by atoms with Crippen molar-refractivity contribution in [3.63, 3.8) is 0 Å². The predicted molar refractivity (Wildman–Crippen MR) is 79.0 cm³/mol. The SMILES string of the molecule is NCCN1CCCN(C(=O)c2cnn3ccncc23)CC1. The average molecular weight is 288 g/mol. The van der Waals surface area contributed by atoms with Gasteiger partial charge in [-0.25, -0.2) is 4.52 Å². The molecular formula is C14H20N6O. The van der Waals surface area contributed by atoms with Crippen LogP contribution in [0.15, 0.2) is 24.8 Å². The molecule has 7 nitrogen and oxygen atoms in total. The Morgan fingerprint density at radius 1 is 1.24 bits per heavy atom. The molecule has 0 saturated carbocycles. The fourth-order valence-corrected chi connectivity index (χ4v) is 2.75. The maximum absolute atomic E-state index is 12.7. The summed E-state index contributed by atoms with van der Waals surface area (Å²) in [6.45, 7) is 4.93. The third-order valence-electron chi connectivity index (χ3n) is 3.88. The van der Waals surface area contributed by atoms with Crippen LogP contribution in [0.2, 0.25) is 0 Å². The van der Waals surface area contributed by atoms with Gasteiger partial charge >= 0.3 is 0 Å². The molecule has 1 aliphatic rings. The molecule has 2 aromatic rings. The van der Waals surface area contributed by atoms with Gasteiger partial charge in [0.2, 0.25) is 0 Å². The third-order valence-corrected chi connectivity index (χ3v) is 3.88. The first kappa shape index (κ1) is 14.0. The molecule has 2 aromatic heterocycles. The summed E-state index contributed by atoms with van der Waals surface area (Å²) in [5, 5.41) is 4.20. The van der Waals surface area contributed by atoms with Crippen LogP contribution in [0.4, 0.5) is 0 Å². The summed E-state index contributed by atoms with van der Waals surface area (Å²) in [6, 6.07) is 0. The van der Waals surface area contributed by atoms with Gasteiger partial charge in [0.15, 0.2) is 0 Å². The molecule has 0 radical (unpaired) electrons. The molecule has 1 saturated heterocycles. The van der Waals surface area contributed by atoms with Crippen LogP contribution in [-0.2, 0) is 0 Å². The average Bonchev–Trinajstić information content (AvgIpc) is 2.80. The maximum atomic E-state index is 12.7. The number of nitrogens with two attached hydrogens (primary N) is 1. The van der Waals surface area contributed by atoms with E-state index in [1.165, 1.54) is 0 Å². The molecule has 112 valence electrons. The van der Waals surface area contributed by atoms with E-state index >= 15 is 0 Å². The summed E-state index contributed by atoms with van der Waals surface area (Å²) in [5.74, 6) is 0.0348. The van der Waals surface area contributed by atoms with Crippen molar-refractivity contribution < 1.29 is 4.79 Å². The van der Waals surface area contributed by atoms with Crippen molar-refractivity contribution in [3.8, 4) is 0 Å². The van der Waals surface area contributed by atoms with Gasteiger partial charge in [0.25, 0.3) is 5.91 Å². The Morgan fingerprint density at radius 3 is 3.00 bits per heavy atom. The zero-order valence-electron chi connectivity index (χ0n) is 12.0. The minimum absolute atomic E-state index is 0.0348. The van der Waals surface area contributed by atoms with Crippen LogP contribution in [0.1, 0.15) is 16.8 Å². The van der Waals surface area contributed by atoms with E-state index in [1.54, 1.807) is 29.3 Å². The number of aromatic nitrogens is 3. The second kappa shape index (κ2) is 6.19. The zero-order valence-corrected chi connectivity index (χ0v) is 12.0. The van der Waals surface area contributed by atoms with Crippen molar-refractivity contribution in [3.05, 3.63) is 30.4 Å². The highest BCUT2D eigenvalue weighted by molar-refractivity contribution is 6.00. The molecule has 0 aliphatic carbocycles. The van der Waals surface area contributed by atoms with Gasteiger partial charge < -0.3 is 15.5 Å². The fraction of sp³-hybridized carbons (Fsp3) is 0.500. The molecule has 1 fully saturated rings. The molecule has 1 amide bonds. The van der Waals surface area contributed by atoms with Crippen molar-refractivity contribution in [2.45, 2.75) is 6.42 Å². The summed E-state index contributed by atoms with van der Waals surface area (Å²) < 4.78 is 1.68. The summed E-state index contributed by atoms with van der Waals surface area (Å²) in [4.78, 5) is 21.0. The van der Waals surface area contributed by atoms with E-state index < -0.39 is 0 Å². The highest BCUT2D eigenvalue weighted by atomic mass is 16.2. The highest BCUT2D eigenvalue weighted by Gasteiger charge is 2.22. The number of amides is 1. The molecule has 7 heteroatoms. The second-order valence-electron chi connectivity index (χ2n) is 5.24. The smallest absolute Gasteiger partial charge is 0.257 e. The van der Waals surface area contributed by atoms with Gasteiger partial charge in [0.05, 0.1) is 23.5 Å². The molecule has 2 N–H and O–H groups in total. The number of nitrogens with zero attached hydrogens (tertiary/aromatic N) is 5. The van der Waals surface area contributed by atoms with Crippen LogP contribution in [0.25, 0.3) is 5.52 Å². The van der Waals surface area contributed by atoms with Gasteiger partial charge in [-0.2, -0.15) is 5.10 Å². The molecule has 21 heavy (non-hydrogen) atoms. The molecule has 0 atom stereocenters. The Morgan fingerprint density at radius 2 is 2.14 bits per heavy atom. The second-order valence-corrected chi connectivity index (χ2v) is 5.24. The van der Waals surface area contributed by atoms with E-state index in [-0.39, 0.29) is 5.91 Å². The Bertz CT molecular complexity index is 625. The quantitative estimate of drug-likeness (QED) is 0.848. The number of fused-ring (bicyclic) bond motifs is 1. The topological polar surface area (TPSA) is 79.8 Å². The summed E-state index contributed by atoms with van der Waals surface area (Å²) in [6.07, 6.45) is 7.69. The first-order valence-corrected chi connectivity index (χ1v) is 7.28. The Kier molecular flexibility index (Phi) is 4.12. The molecule has 0 aromatic carbocycles. The lowest BCUT2D eigenvalue weighted by Crippen LogP contribution is -2.36. The normalized spacial score (nSPS) is 17.1. The van der Waals surface area contributed by atoms with Crippen LogP contribution in [0.5, 0.6) is 0 Å². The molecule has 0 bridgehead atoms. The van der Waals surface area contributed by atoms with Crippen molar-refractivity contribution in [1.29, 1.82) is 0 Å². The molecule has 1 aliphatic heterocycles. The monoisotopic (exact) mass is 288 g/mol. The van der Waals surface area contributed by atoms with Gasteiger partial charge in [0.1, 0.15) is 0 Å². The Balaban J connectivity index is 1.76. The first-order chi connectivity index (χ1) is 10.3. The highest BCUT2D eigenvalue weighted by Crippen LogP contribution is 2.13. The zero-order chi connectivity index (χ0) is 14.7. The number of hydrogen-bond acceptors (Lipinski definition) is 5. The molecular weight excluding hydrogens is 268 g/mol. The van der Waals surface area contributed by atoms with E-state index in [0.29, 0.717) is 12.1 Å². The van der Waals surface area contributed by atoms with Crippen molar-refractivity contribution >= 4 is 11.4 Å². The van der Waals surface area contributed by atoms with Crippen LogP contribution < -0.4 is 5.73 Å². The predicted octanol–water partition coefficient (Wildman–Crippen LogP) is -0.164. The van der Waals surface area contributed by atoms with Crippen molar-refractivity contribution in [1.82, 2.24) is 24.4 Å². The fourth-order valence-electron chi connectivity index (χ4n) is 2.75. The largest absolute Gasteiger partial charge is 0.337 e. The van der Waals surface area contributed by atoms with Gasteiger partial charge in [-0.05, 0) is 13.0 Å². The van der Waals surface area contributed by atoms with E-state index in [1.807, 2.05) is 4.90 Å². The Labute approximate surface area is 123 Å². The third kappa shape index (κ3) is 2.88. The van der Waals surface area contributed by atoms with E-state index in [0.717, 1.165) is 44.7 Å². The molecule has 0 unspecified atom stereocenters. The minimum Gasteiger partial charge on any atom is -0.337 e. The van der Waals surface area contributed by atoms with Crippen molar-refractivity contribution in [2.24, 2.45) is 5.73 Å². The standard InChI is InChI=1S/C14H20N6O/c15-2-6-18-4-1-5-19(9-8-18)14(21)12-10-17-20-7-3-16-11-13(12)20/h3,7,10-11H,1-2,4-6,8-9,15H2. The first-order valence-electron chi connectivity index (χ1n) is 7.28. The maximum Gasteiger partial charge on any atom is 0.257 e. The Hall–Kier alpha value is -1.99. The van der Waals surface area contributed by atoms with Crippen LogP contribution in [0.3, 0.4) is 0 Å². The number of carbonyl (C=O) groups excluding carboxylic acids is 1. The summed E-state index contributed by atoms with van der Waals surface area (Å²) in [5.41, 5.74) is 6.98. The number of carbonyl (C=O) groups is 1. The van der Waals surface area contributed by atoms with Crippen LogP contribution >= 0.6 is 0 Å². The number of hydrogen-bond donors (Lipinski definition) is 1. The van der Waals surface area contributed by atoms with E-state index in [2.05, 4.69) is 15.0 Å². The van der Waals surface area contributed by atoms with Gasteiger partial charge in [-0.1, -0.05) is 0 Å². The minimum atomic E-state index is 0.0348. The molecule has 3 heterocycles. The van der Waals surface area contributed by atoms with Gasteiger partial charge in [-0.15, -0.1) is 0 Å². The number of rotatable bonds is 3. The van der Waals surface area contributed by atoms with E-state index in [4.69, 9.17) is 5.73 Å². The summed E-state index contributed by atoms with van der Waals surface area (Å²) >= 11 is 0. The van der Waals surface area contributed by atoms with Crippen LogP contribution in [-0.4, -0.2) is 69.6 Å². The lowest BCUT2D eigenvalue weighted by atomic mass is 10.2. The lowest BCUT2D eigenvalue weighted by Gasteiger charge is -2.21. The van der Waals surface area contributed by atoms with Gasteiger partial charge in [-0.3, -0.25) is 9.78 Å². The van der Waals surface area contributed by atoms with Crippen LogP contribution in [0, 0.1) is 0 Å². The molecule has 3 rings (SSSR count). The molecule has 0 spiro atoms.